The van der Waals surface area contributed by atoms with Crippen LogP contribution in [0.15, 0.2) is 55.0 Å². The molecule has 0 atom stereocenters. The quantitative estimate of drug-likeness (QED) is 0.398. The molecule has 9 nitrogen and oxygen atoms in total. The molecule has 4 N–H and O–H groups in total. The summed E-state index contributed by atoms with van der Waals surface area (Å²) in [5.74, 6) is 0.905. The minimum absolute atomic E-state index is 0.211. The van der Waals surface area contributed by atoms with Crippen LogP contribution in [-0.2, 0) is 5.54 Å². The van der Waals surface area contributed by atoms with E-state index in [-0.39, 0.29) is 5.91 Å². The van der Waals surface area contributed by atoms with Gasteiger partial charge in [0.25, 0.3) is 5.91 Å². The Balaban J connectivity index is 1.61. The number of hydrogen-bond donors (Lipinski definition) is 3. The minimum Gasteiger partial charge on any atom is -0.347 e. The molecule has 4 rings (SSSR count). The summed E-state index contributed by atoms with van der Waals surface area (Å²) in [6.07, 6.45) is 3.14. The average Bonchev–Trinajstić information content (AvgIpc) is 2.80. The molecule has 4 aromatic rings. The Morgan fingerprint density at radius 1 is 1.06 bits per heavy atom. The van der Waals surface area contributed by atoms with E-state index in [0.717, 1.165) is 16.8 Å². The number of benzene rings is 2. The number of hydrogen-bond acceptors (Lipinski definition) is 8. The SMILES string of the molecule is Cc1ccc(NC(=O)c2cccc(C(C)(C)N)c2)cc1Nc1ncnc2cnc(N(C)C)nc12. The highest BCUT2D eigenvalue weighted by Gasteiger charge is 2.17. The first-order valence-electron chi connectivity index (χ1n) is 10.9. The summed E-state index contributed by atoms with van der Waals surface area (Å²) in [6, 6.07) is 13.0. The Morgan fingerprint density at radius 3 is 2.59 bits per heavy atom. The van der Waals surface area contributed by atoms with Gasteiger partial charge in [0.15, 0.2) is 5.82 Å². The number of amides is 1. The molecule has 0 radical (unpaired) electrons. The average molecular weight is 457 g/mol. The van der Waals surface area contributed by atoms with Crippen molar-refractivity contribution < 1.29 is 4.79 Å². The molecular formula is C25H28N8O. The molecule has 0 saturated carbocycles. The van der Waals surface area contributed by atoms with Crippen LogP contribution < -0.4 is 21.3 Å². The highest BCUT2D eigenvalue weighted by atomic mass is 16.1. The number of nitrogens with one attached hydrogen (secondary N) is 2. The van der Waals surface area contributed by atoms with Gasteiger partial charge in [-0.05, 0) is 56.2 Å². The predicted octanol–water partition coefficient (Wildman–Crippen LogP) is 3.98. The summed E-state index contributed by atoms with van der Waals surface area (Å²) in [7, 11) is 3.75. The molecule has 34 heavy (non-hydrogen) atoms. The second-order valence-corrected chi connectivity index (χ2v) is 8.93. The monoisotopic (exact) mass is 456 g/mol. The van der Waals surface area contributed by atoms with Gasteiger partial charge >= 0.3 is 0 Å². The predicted molar refractivity (Wildman–Crippen MR) is 136 cm³/mol. The van der Waals surface area contributed by atoms with E-state index in [1.54, 1.807) is 12.3 Å². The van der Waals surface area contributed by atoms with E-state index < -0.39 is 5.54 Å². The van der Waals surface area contributed by atoms with Gasteiger partial charge in [0.2, 0.25) is 5.95 Å². The van der Waals surface area contributed by atoms with E-state index in [1.807, 2.05) is 76.2 Å². The molecule has 0 aliphatic carbocycles. The Morgan fingerprint density at radius 2 is 1.85 bits per heavy atom. The maximum absolute atomic E-state index is 12.9. The lowest BCUT2D eigenvalue weighted by Gasteiger charge is -2.19. The molecule has 9 heteroatoms. The summed E-state index contributed by atoms with van der Waals surface area (Å²) >= 11 is 0. The number of nitrogens with two attached hydrogens (primary N) is 1. The Hall–Kier alpha value is -4.11. The Kier molecular flexibility index (Phi) is 6.12. The van der Waals surface area contributed by atoms with Gasteiger partial charge < -0.3 is 21.3 Å². The topological polar surface area (TPSA) is 122 Å². The van der Waals surface area contributed by atoms with Gasteiger partial charge in [-0.2, -0.15) is 0 Å². The van der Waals surface area contributed by atoms with Gasteiger partial charge in [-0.1, -0.05) is 18.2 Å². The molecule has 0 spiro atoms. The van der Waals surface area contributed by atoms with E-state index in [2.05, 4.69) is 30.6 Å². The van der Waals surface area contributed by atoms with E-state index in [4.69, 9.17) is 5.73 Å². The van der Waals surface area contributed by atoms with Crippen LogP contribution in [0.4, 0.5) is 23.1 Å². The normalized spacial score (nSPS) is 11.4. The first kappa shape index (κ1) is 23.1. The van der Waals surface area contributed by atoms with Crippen LogP contribution in [0.3, 0.4) is 0 Å². The lowest BCUT2D eigenvalue weighted by molar-refractivity contribution is 0.102. The largest absolute Gasteiger partial charge is 0.347 e. The molecule has 2 aromatic carbocycles. The Bertz CT molecular complexity index is 1360. The standard InChI is InChI=1S/C25H28N8O/c1-15-9-10-18(30-23(34)16-7-6-8-17(11-16)25(2,3)26)12-19(15)31-22-21-20(28-14-29-22)13-27-24(32-21)33(4)5/h6-14H,26H2,1-5H3,(H,30,34)(H,28,29,31). The molecule has 2 aromatic heterocycles. The molecule has 0 unspecified atom stereocenters. The van der Waals surface area contributed by atoms with Gasteiger partial charge in [0.1, 0.15) is 17.4 Å². The zero-order valence-electron chi connectivity index (χ0n) is 19.9. The van der Waals surface area contributed by atoms with Gasteiger partial charge in [-0.3, -0.25) is 4.79 Å². The lowest BCUT2D eigenvalue weighted by atomic mass is 9.94. The second-order valence-electron chi connectivity index (χ2n) is 8.93. The fraction of sp³-hybridized carbons (Fsp3) is 0.240. The number of fused-ring (bicyclic) bond motifs is 1. The number of rotatable bonds is 6. The molecule has 0 saturated heterocycles. The first-order chi connectivity index (χ1) is 16.1. The van der Waals surface area contributed by atoms with Crippen molar-refractivity contribution >= 4 is 40.1 Å². The molecular weight excluding hydrogens is 428 g/mol. The van der Waals surface area contributed by atoms with Crippen molar-refractivity contribution in [3.63, 3.8) is 0 Å². The van der Waals surface area contributed by atoms with Gasteiger partial charge in [-0.15, -0.1) is 0 Å². The van der Waals surface area contributed by atoms with Crippen LogP contribution in [0, 0.1) is 6.92 Å². The fourth-order valence-corrected chi connectivity index (χ4v) is 3.38. The van der Waals surface area contributed by atoms with E-state index in [0.29, 0.717) is 34.1 Å². The summed E-state index contributed by atoms with van der Waals surface area (Å²) in [5, 5.41) is 6.30. The van der Waals surface area contributed by atoms with Crippen molar-refractivity contribution in [2.24, 2.45) is 5.73 Å². The van der Waals surface area contributed by atoms with E-state index in [9.17, 15) is 4.79 Å². The van der Waals surface area contributed by atoms with E-state index >= 15 is 0 Å². The van der Waals surface area contributed by atoms with Crippen LogP contribution in [0.2, 0.25) is 0 Å². The molecule has 0 bridgehead atoms. The molecule has 1 amide bonds. The third kappa shape index (κ3) is 4.94. The molecule has 2 heterocycles. The Labute approximate surface area is 198 Å². The number of nitrogens with zero attached hydrogens (tertiary/aromatic N) is 5. The van der Waals surface area contributed by atoms with Gasteiger partial charge in [-0.25, -0.2) is 19.9 Å². The third-order valence-corrected chi connectivity index (χ3v) is 5.38. The fourth-order valence-electron chi connectivity index (χ4n) is 3.38. The number of anilines is 4. The molecule has 174 valence electrons. The van der Waals surface area contributed by atoms with Crippen molar-refractivity contribution in [1.29, 1.82) is 0 Å². The molecule has 0 aliphatic heterocycles. The van der Waals surface area contributed by atoms with Crippen molar-refractivity contribution in [2.75, 3.05) is 29.6 Å². The maximum atomic E-state index is 12.9. The number of carbonyl (C=O) groups excluding carboxylic acids is 1. The summed E-state index contributed by atoms with van der Waals surface area (Å²) in [5.41, 5.74) is 10.8. The van der Waals surface area contributed by atoms with Crippen molar-refractivity contribution in [3.8, 4) is 0 Å². The second kappa shape index (κ2) is 9.03. The van der Waals surface area contributed by atoms with E-state index in [1.165, 1.54) is 6.33 Å². The summed E-state index contributed by atoms with van der Waals surface area (Å²) < 4.78 is 0. The highest BCUT2D eigenvalue weighted by Crippen LogP contribution is 2.27. The van der Waals surface area contributed by atoms with Crippen LogP contribution in [-0.4, -0.2) is 39.9 Å². The number of aromatic nitrogens is 4. The van der Waals surface area contributed by atoms with Gasteiger partial charge in [0, 0.05) is 36.6 Å². The third-order valence-electron chi connectivity index (χ3n) is 5.38. The van der Waals surface area contributed by atoms with Crippen molar-refractivity contribution in [2.45, 2.75) is 26.3 Å². The lowest BCUT2D eigenvalue weighted by Crippen LogP contribution is -2.29. The number of carbonyl (C=O) groups is 1. The zero-order chi connectivity index (χ0) is 24.5. The summed E-state index contributed by atoms with van der Waals surface area (Å²) in [4.78, 5) is 32.3. The summed E-state index contributed by atoms with van der Waals surface area (Å²) in [6.45, 7) is 5.79. The van der Waals surface area contributed by atoms with Crippen LogP contribution >= 0.6 is 0 Å². The first-order valence-corrected chi connectivity index (χ1v) is 10.9. The van der Waals surface area contributed by atoms with Crippen molar-refractivity contribution in [1.82, 2.24) is 19.9 Å². The zero-order valence-corrected chi connectivity index (χ0v) is 19.9. The molecule has 0 aliphatic rings. The van der Waals surface area contributed by atoms with Crippen LogP contribution in [0.1, 0.15) is 35.3 Å². The molecule has 0 fully saturated rings. The smallest absolute Gasteiger partial charge is 0.255 e. The van der Waals surface area contributed by atoms with Gasteiger partial charge in [0.05, 0.1) is 6.20 Å². The minimum atomic E-state index is -0.534. The highest BCUT2D eigenvalue weighted by molar-refractivity contribution is 6.04. The maximum Gasteiger partial charge on any atom is 0.255 e. The van der Waals surface area contributed by atoms with Crippen LogP contribution in [0.25, 0.3) is 11.0 Å². The van der Waals surface area contributed by atoms with Crippen LogP contribution in [0.5, 0.6) is 0 Å². The van der Waals surface area contributed by atoms with Crippen molar-refractivity contribution in [3.05, 3.63) is 71.7 Å². The number of aryl methyl sites for hydroxylation is 1.